The van der Waals surface area contributed by atoms with Crippen molar-refractivity contribution < 1.29 is 9.90 Å². The summed E-state index contributed by atoms with van der Waals surface area (Å²) in [5.74, 6) is 0.527. The average Bonchev–Trinajstić information content (AvgIpc) is 2.80. The molecule has 3 rings (SSSR count). The summed E-state index contributed by atoms with van der Waals surface area (Å²) in [5, 5.41) is 9.26. The van der Waals surface area contributed by atoms with E-state index in [0.29, 0.717) is 12.6 Å². The fourth-order valence-corrected chi connectivity index (χ4v) is 4.39. The summed E-state index contributed by atoms with van der Waals surface area (Å²) >= 11 is 1.92. The van der Waals surface area contributed by atoms with Gasteiger partial charge in [0.25, 0.3) is 0 Å². The van der Waals surface area contributed by atoms with E-state index < -0.39 is 5.97 Å². The third-order valence-electron chi connectivity index (χ3n) is 4.33. The molecule has 0 bridgehead atoms. The Bertz CT molecular complexity index is 491. The first kappa shape index (κ1) is 13.0. The molecular formula is C15H19NO2S. The minimum Gasteiger partial charge on any atom is -0.481 e. The van der Waals surface area contributed by atoms with E-state index in [1.54, 1.807) is 0 Å². The third kappa shape index (κ3) is 2.39. The molecule has 0 amide bonds. The van der Waals surface area contributed by atoms with Gasteiger partial charge in [0, 0.05) is 24.0 Å². The van der Waals surface area contributed by atoms with Crippen molar-refractivity contribution in [2.45, 2.75) is 24.3 Å². The Kier molecular flexibility index (Phi) is 3.54. The monoisotopic (exact) mass is 277 g/mol. The first-order valence-corrected chi connectivity index (χ1v) is 7.84. The van der Waals surface area contributed by atoms with Crippen LogP contribution in [0.2, 0.25) is 0 Å². The van der Waals surface area contributed by atoms with Gasteiger partial charge in [-0.05, 0) is 29.7 Å². The highest BCUT2D eigenvalue weighted by Gasteiger charge is 2.39. The summed E-state index contributed by atoms with van der Waals surface area (Å²) in [5.41, 5.74) is 1.39. The summed E-state index contributed by atoms with van der Waals surface area (Å²) in [6, 6.07) is 8.96. The van der Waals surface area contributed by atoms with Gasteiger partial charge in [-0.2, -0.15) is 0 Å². The number of nitrogens with zero attached hydrogens (tertiary/aromatic N) is 1. The number of rotatable bonds is 2. The first-order chi connectivity index (χ1) is 9.16. The van der Waals surface area contributed by atoms with Gasteiger partial charge in [0.1, 0.15) is 0 Å². The maximum atomic E-state index is 11.3. The van der Waals surface area contributed by atoms with E-state index in [0.717, 1.165) is 18.7 Å². The first-order valence-electron chi connectivity index (χ1n) is 6.85. The molecule has 3 atom stereocenters. The standard InChI is InChI=1S/C15H19NO2S/c1-10-8-16(9-12(10)15(17)18)13-6-7-19-14-5-3-2-4-11(13)14/h2-5,10,12-13H,6-9H2,1H3,(H,17,18). The van der Waals surface area contributed by atoms with Crippen LogP contribution in [0, 0.1) is 11.8 Å². The second-order valence-corrected chi connectivity index (χ2v) is 6.70. The molecule has 1 aromatic carbocycles. The van der Waals surface area contributed by atoms with Crippen molar-refractivity contribution in [1.82, 2.24) is 4.90 Å². The smallest absolute Gasteiger partial charge is 0.308 e. The van der Waals surface area contributed by atoms with Crippen LogP contribution in [-0.4, -0.2) is 34.8 Å². The van der Waals surface area contributed by atoms with Crippen LogP contribution in [0.4, 0.5) is 0 Å². The summed E-state index contributed by atoms with van der Waals surface area (Å²) in [4.78, 5) is 15.0. The fraction of sp³-hybridized carbons (Fsp3) is 0.533. The van der Waals surface area contributed by atoms with Gasteiger partial charge in [-0.1, -0.05) is 25.1 Å². The Morgan fingerprint density at radius 3 is 2.89 bits per heavy atom. The molecule has 3 nitrogen and oxygen atoms in total. The zero-order chi connectivity index (χ0) is 13.4. The number of carboxylic acids is 1. The molecule has 0 spiro atoms. The molecule has 1 aromatic rings. The molecule has 19 heavy (non-hydrogen) atoms. The van der Waals surface area contributed by atoms with E-state index >= 15 is 0 Å². The molecular weight excluding hydrogens is 258 g/mol. The molecule has 2 aliphatic rings. The highest BCUT2D eigenvalue weighted by molar-refractivity contribution is 7.99. The third-order valence-corrected chi connectivity index (χ3v) is 5.45. The lowest BCUT2D eigenvalue weighted by Crippen LogP contribution is -2.30. The van der Waals surface area contributed by atoms with Crippen molar-refractivity contribution in [2.24, 2.45) is 11.8 Å². The molecule has 0 radical (unpaired) electrons. The number of carbonyl (C=O) groups is 1. The van der Waals surface area contributed by atoms with Gasteiger partial charge in [-0.15, -0.1) is 11.8 Å². The van der Waals surface area contributed by atoms with E-state index in [1.807, 2.05) is 11.8 Å². The second-order valence-electron chi connectivity index (χ2n) is 5.57. The average molecular weight is 277 g/mol. The zero-order valence-corrected chi connectivity index (χ0v) is 11.9. The number of likely N-dealkylation sites (tertiary alicyclic amines) is 1. The van der Waals surface area contributed by atoms with Crippen LogP contribution in [0.25, 0.3) is 0 Å². The minimum absolute atomic E-state index is 0.207. The van der Waals surface area contributed by atoms with E-state index in [1.165, 1.54) is 10.5 Å². The quantitative estimate of drug-likeness (QED) is 0.902. The fourth-order valence-electron chi connectivity index (χ4n) is 3.28. The summed E-state index contributed by atoms with van der Waals surface area (Å²) in [6.07, 6.45) is 1.13. The maximum absolute atomic E-state index is 11.3. The van der Waals surface area contributed by atoms with Crippen LogP contribution < -0.4 is 0 Å². The Morgan fingerprint density at radius 2 is 2.16 bits per heavy atom. The maximum Gasteiger partial charge on any atom is 0.308 e. The topological polar surface area (TPSA) is 40.5 Å². The largest absolute Gasteiger partial charge is 0.481 e. The van der Waals surface area contributed by atoms with E-state index in [2.05, 4.69) is 36.1 Å². The molecule has 1 fully saturated rings. The molecule has 1 saturated heterocycles. The van der Waals surface area contributed by atoms with Crippen LogP contribution in [0.1, 0.15) is 24.9 Å². The van der Waals surface area contributed by atoms with Gasteiger partial charge in [0.2, 0.25) is 0 Å². The van der Waals surface area contributed by atoms with Crippen LogP contribution in [0.5, 0.6) is 0 Å². The Hall–Kier alpha value is -1.00. The molecule has 0 aliphatic carbocycles. The van der Waals surface area contributed by atoms with Crippen LogP contribution in [0.3, 0.4) is 0 Å². The number of aliphatic carboxylic acids is 1. The molecule has 0 aromatic heterocycles. The second kappa shape index (κ2) is 5.17. The normalized spacial score (nSPS) is 31.1. The molecule has 2 heterocycles. The van der Waals surface area contributed by atoms with E-state index in [-0.39, 0.29) is 11.8 Å². The van der Waals surface area contributed by atoms with Gasteiger partial charge in [-0.3, -0.25) is 9.69 Å². The van der Waals surface area contributed by atoms with Crippen molar-refractivity contribution >= 4 is 17.7 Å². The lowest BCUT2D eigenvalue weighted by atomic mass is 9.99. The number of carboxylic acid groups (broad SMARTS) is 1. The number of hydrogen-bond donors (Lipinski definition) is 1. The lowest BCUT2D eigenvalue weighted by molar-refractivity contribution is -0.142. The van der Waals surface area contributed by atoms with Crippen molar-refractivity contribution in [3.05, 3.63) is 29.8 Å². The summed E-state index contributed by atoms with van der Waals surface area (Å²) in [6.45, 7) is 3.66. The predicted octanol–water partition coefficient (Wildman–Crippen LogP) is 2.88. The Labute approximate surface area is 118 Å². The van der Waals surface area contributed by atoms with Gasteiger partial charge >= 0.3 is 5.97 Å². The van der Waals surface area contributed by atoms with Crippen LogP contribution in [0.15, 0.2) is 29.2 Å². The van der Waals surface area contributed by atoms with Gasteiger partial charge in [0.15, 0.2) is 0 Å². The minimum atomic E-state index is -0.645. The van der Waals surface area contributed by atoms with Crippen LogP contribution in [-0.2, 0) is 4.79 Å². The highest BCUT2D eigenvalue weighted by atomic mass is 32.2. The Morgan fingerprint density at radius 1 is 1.37 bits per heavy atom. The van der Waals surface area contributed by atoms with E-state index in [4.69, 9.17) is 0 Å². The van der Waals surface area contributed by atoms with Crippen molar-refractivity contribution in [1.29, 1.82) is 0 Å². The zero-order valence-electron chi connectivity index (χ0n) is 11.1. The number of benzene rings is 1. The highest BCUT2D eigenvalue weighted by Crippen LogP contribution is 2.41. The summed E-state index contributed by atoms with van der Waals surface area (Å²) in [7, 11) is 0. The number of hydrogen-bond acceptors (Lipinski definition) is 3. The van der Waals surface area contributed by atoms with Crippen LogP contribution >= 0.6 is 11.8 Å². The molecule has 3 unspecified atom stereocenters. The lowest BCUT2D eigenvalue weighted by Gasteiger charge is -2.32. The molecule has 1 N–H and O–H groups in total. The van der Waals surface area contributed by atoms with Gasteiger partial charge in [-0.25, -0.2) is 0 Å². The SMILES string of the molecule is CC1CN(C2CCSc3ccccc32)CC1C(=O)O. The number of fused-ring (bicyclic) bond motifs is 1. The Balaban J connectivity index is 1.83. The van der Waals surface area contributed by atoms with E-state index in [9.17, 15) is 9.90 Å². The van der Waals surface area contributed by atoms with Crippen molar-refractivity contribution in [2.75, 3.05) is 18.8 Å². The molecule has 2 aliphatic heterocycles. The molecule has 4 heteroatoms. The van der Waals surface area contributed by atoms with Gasteiger partial charge < -0.3 is 5.11 Å². The summed E-state index contributed by atoms with van der Waals surface area (Å²) < 4.78 is 0. The molecule has 0 saturated carbocycles. The molecule has 102 valence electrons. The van der Waals surface area contributed by atoms with Crippen molar-refractivity contribution in [3.8, 4) is 0 Å². The van der Waals surface area contributed by atoms with Gasteiger partial charge in [0.05, 0.1) is 5.92 Å². The number of thioether (sulfide) groups is 1. The van der Waals surface area contributed by atoms with Crippen molar-refractivity contribution in [3.63, 3.8) is 0 Å². The predicted molar refractivity (Wildman–Crippen MR) is 76.4 cm³/mol.